The molecule has 1 aromatic heterocycles. The fraction of sp³-hybridized carbons (Fsp3) is 0.143. The highest BCUT2D eigenvalue weighted by atomic mass is 16.4. The molecule has 0 atom stereocenters. The quantitative estimate of drug-likeness (QED) is 0.808. The number of nitrogens with one attached hydrogen (secondary N) is 1. The molecule has 0 unspecified atom stereocenters. The summed E-state index contributed by atoms with van der Waals surface area (Å²) in [6.07, 6.45) is 0. The van der Waals surface area contributed by atoms with Gasteiger partial charge in [0, 0.05) is 18.2 Å². The minimum absolute atomic E-state index is 0.0985. The number of nitrogen functional groups attached to an aromatic ring is 1. The van der Waals surface area contributed by atoms with Gasteiger partial charge in [0.15, 0.2) is 5.76 Å². The molecule has 0 fully saturated rings. The van der Waals surface area contributed by atoms with Crippen LogP contribution in [0.25, 0.3) is 11.3 Å². The molecule has 0 saturated carbocycles. The predicted molar refractivity (Wildman–Crippen MR) is 71.4 cm³/mol. The number of hydrogen-bond acceptors (Lipinski definition) is 4. The Morgan fingerprint density at radius 1 is 1.21 bits per heavy atom. The van der Waals surface area contributed by atoms with Crippen LogP contribution in [0.3, 0.4) is 0 Å². The lowest BCUT2D eigenvalue weighted by atomic mass is 10.1. The molecule has 0 saturated heterocycles. The second kappa shape index (κ2) is 4.97. The number of imide groups is 1. The Bertz CT molecular complexity index is 644. The molecule has 2 amide bonds. The van der Waals surface area contributed by atoms with E-state index in [2.05, 4.69) is 5.32 Å². The average Bonchev–Trinajstić information content (AvgIpc) is 2.77. The molecule has 5 heteroatoms. The number of amides is 2. The lowest BCUT2D eigenvalue weighted by Gasteiger charge is -2.03. The maximum atomic E-state index is 11.6. The normalized spacial score (nSPS) is 10.2. The average molecular weight is 258 g/mol. The summed E-state index contributed by atoms with van der Waals surface area (Å²) >= 11 is 0. The minimum Gasteiger partial charge on any atom is -0.451 e. The van der Waals surface area contributed by atoms with Crippen molar-refractivity contribution in [2.24, 2.45) is 0 Å². The summed E-state index contributed by atoms with van der Waals surface area (Å²) in [7, 11) is 0. The Hall–Kier alpha value is -2.56. The van der Waals surface area contributed by atoms with E-state index < -0.39 is 11.8 Å². The fourth-order valence-electron chi connectivity index (χ4n) is 1.79. The lowest BCUT2D eigenvalue weighted by Crippen LogP contribution is -2.27. The van der Waals surface area contributed by atoms with Crippen molar-refractivity contribution in [2.45, 2.75) is 13.8 Å². The van der Waals surface area contributed by atoms with Crippen LogP contribution in [0.1, 0.15) is 23.0 Å². The summed E-state index contributed by atoms with van der Waals surface area (Å²) in [5.74, 6) is -0.314. The van der Waals surface area contributed by atoms with Crippen molar-refractivity contribution in [3.8, 4) is 11.3 Å². The topological polar surface area (TPSA) is 85.3 Å². The Kier molecular flexibility index (Phi) is 3.37. The number of hydrogen-bond donors (Lipinski definition) is 2. The van der Waals surface area contributed by atoms with Crippen LogP contribution in [0, 0.1) is 6.92 Å². The Balaban J connectivity index is 2.30. The van der Waals surface area contributed by atoms with Crippen molar-refractivity contribution < 1.29 is 14.0 Å². The van der Waals surface area contributed by atoms with E-state index in [-0.39, 0.29) is 5.76 Å². The zero-order valence-corrected chi connectivity index (χ0v) is 10.7. The first kappa shape index (κ1) is 12.9. The van der Waals surface area contributed by atoms with Gasteiger partial charge in [-0.25, -0.2) is 0 Å². The summed E-state index contributed by atoms with van der Waals surface area (Å²) < 4.78 is 5.45. The van der Waals surface area contributed by atoms with E-state index in [9.17, 15) is 9.59 Å². The number of benzene rings is 1. The maximum Gasteiger partial charge on any atom is 0.293 e. The van der Waals surface area contributed by atoms with Gasteiger partial charge in [0.2, 0.25) is 5.91 Å². The number of aryl methyl sites for hydroxylation is 1. The van der Waals surface area contributed by atoms with Gasteiger partial charge >= 0.3 is 0 Å². The molecule has 98 valence electrons. The van der Waals surface area contributed by atoms with E-state index in [1.807, 2.05) is 19.1 Å². The van der Waals surface area contributed by atoms with E-state index in [1.54, 1.807) is 12.1 Å². The minimum atomic E-state index is -0.549. The first-order chi connectivity index (χ1) is 8.97. The number of furan rings is 1. The summed E-state index contributed by atoms with van der Waals surface area (Å²) in [4.78, 5) is 22.4. The first-order valence-corrected chi connectivity index (χ1v) is 5.75. The summed E-state index contributed by atoms with van der Waals surface area (Å²) in [5.41, 5.74) is 8.16. The largest absolute Gasteiger partial charge is 0.451 e. The van der Waals surface area contributed by atoms with Gasteiger partial charge in [-0.1, -0.05) is 0 Å². The SMILES string of the molecule is CC(=O)NC(=O)c1ccc(-c2ccc(N)cc2C)o1. The molecule has 0 aliphatic carbocycles. The van der Waals surface area contributed by atoms with Crippen molar-refractivity contribution in [3.05, 3.63) is 41.7 Å². The molecule has 19 heavy (non-hydrogen) atoms. The third kappa shape index (κ3) is 2.82. The van der Waals surface area contributed by atoms with E-state index in [0.717, 1.165) is 11.1 Å². The molecule has 0 aliphatic heterocycles. The predicted octanol–water partition coefficient (Wildman–Crippen LogP) is 2.11. The van der Waals surface area contributed by atoms with Gasteiger partial charge in [-0.05, 0) is 42.8 Å². The van der Waals surface area contributed by atoms with Crippen molar-refractivity contribution in [1.29, 1.82) is 0 Å². The molecular formula is C14H14N2O3. The third-order valence-corrected chi connectivity index (χ3v) is 2.64. The van der Waals surface area contributed by atoms with Crippen LogP contribution in [0.5, 0.6) is 0 Å². The molecule has 0 bridgehead atoms. The number of nitrogens with two attached hydrogens (primary N) is 1. The molecular weight excluding hydrogens is 244 g/mol. The molecule has 2 rings (SSSR count). The maximum absolute atomic E-state index is 11.6. The molecule has 1 aromatic carbocycles. The van der Waals surface area contributed by atoms with Crippen molar-refractivity contribution in [2.75, 3.05) is 5.73 Å². The number of carbonyl (C=O) groups excluding carboxylic acids is 2. The molecule has 0 radical (unpaired) electrons. The van der Waals surface area contributed by atoms with Gasteiger partial charge in [0.05, 0.1) is 0 Å². The second-order valence-electron chi connectivity index (χ2n) is 4.25. The van der Waals surface area contributed by atoms with Crippen LogP contribution < -0.4 is 11.1 Å². The molecule has 0 spiro atoms. The van der Waals surface area contributed by atoms with Gasteiger partial charge in [0.25, 0.3) is 5.91 Å². The highest BCUT2D eigenvalue weighted by molar-refractivity contribution is 6.02. The number of carbonyl (C=O) groups is 2. The van der Waals surface area contributed by atoms with E-state index in [1.165, 1.54) is 13.0 Å². The van der Waals surface area contributed by atoms with Crippen LogP contribution in [-0.4, -0.2) is 11.8 Å². The molecule has 0 aliphatic rings. The third-order valence-electron chi connectivity index (χ3n) is 2.64. The number of anilines is 1. The van der Waals surface area contributed by atoms with E-state index in [0.29, 0.717) is 11.4 Å². The first-order valence-electron chi connectivity index (χ1n) is 5.75. The van der Waals surface area contributed by atoms with Gasteiger partial charge in [-0.3, -0.25) is 14.9 Å². The monoisotopic (exact) mass is 258 g/mol. The summed E-state index contributed by atoms with van der Waals surface area (Å²) in [6.45, 7) is 3.18. The van der Waals surface area contributed by atoms with Crippen LogP contribution in [0.2, 0.25) is 0 Å². The standard InChI is InChI=1S/C14H14N2O3/c1-8-7-10(15)3-4-11(8)12-5-6-13(19-12)14(18)16-9(2)17/h3-7H,15H2,1-2H3,(H,16,17,18). The molecule has 2 aromatic rings. The van der Waals surface area contributed by atoms with Crippen LogP contribution in [-0.2, 0) is 4.79 Å². The zero-order valence-electron chi connectivity index (χ0n) is 10.7. The van der Waals surface area contributed by atoms with Gasteiger partial charge < -0.3 is 10.2 Å². The highest BCUT2D eigenvalue weighted by Crippen LogP contribution is 2.26. The van der Waals surface area contributed by atoms with Crippen LogP contribution in [0.4, 0.5) is 5.69 Å². The molecule has 5 nitrogen and oxygen atoms in total. The van der Waals surface area contributed by atoms with Gasteiger partial charge in [0.1, 0.15) is 5.76 Å². The molecule has 3 N–H and O–H groups in total. The summed E-state index contributed by atoms with van der Waals surface area (Å²) in [6, 6.07) is 8.64. The van der Waals surface area contributed by atoms with E-state index >= 15 is 0 Å². The Morgan fingerprint density at radius 2 is 1.95 bits per heavy atom. The lowest BCUT2D eigenvalue weighted by molar-refractivity contribution is -0.118. The van der Waals surface area contributed by atoms with Gasteiger partial charge in [-0.2, -0.15) is 0 Å². The summed E-state index contributed by atoms with van der Waals surface area (Å²) in [5, 5.41) is 2.16. The second-order valence-corrected chi connectivity index (χ2v) is 4.25. The smallest absolute Gasteiger partial charge is 0.293 e. The highest BCUT2D eigenvalue weighted by Gasteiger charge is 2.14. The van der Waals surface area contributed by atoms with Gasteiger partial charge in [-0.15, -0.1) is 0 Å². The van der Waals surface area contributed by atoms with Crippen molar-refractivity contribution in [3.63, 3.8) is 0 Å². The Labute approximate surface area is 110 Å². The number of rotatable bonds is 2. The van der Waals surface area contributed by atoms with Crippen molar-refractivity contribution >= 4 is 17.5 Å². The van der Waals surface area contributed by atoms with E-state index in [4.69, 9.17) is 10.2 Å². The van der Waals surface area contributed by atoms with Crippen molar-refractivity contribution in [1.82, 2.24) is 5.32 Å². The van der Waals surface area contributed by atoms with Crippen LogP contribution >= 0.6 is 0 Å². The zero-order chi connectivity index (χ0) is 14.0. The van der Waals surface area contributed by atoms with Crippen LogP contribution in [0.15, 0.2) is 34.7 Å². The molecule has 1 heterocycles. The fourth-order valence-corrected chi connectivity index (χ4v) is 1.79. The Morgan fingerprint density at radius 3 is 2.58 bits per heavy atom.